The first-order valence-corrected chi connectivity index (χ1v) is 9.11. The minimum Gasteiger partial charge on any atom is -0.345 e. The topological polar surface area (TPSA) is 112 Å². The van der Waals surface area contributed by atoms with Gasteiger partial charge < -0.3 is 10.6 Å². The molecule has 2 amide bonds. The van der Waals surface area contributed by atoms with Crippen LogP contribution in [0.5, 0.6) is 0 Å². The molecule has 0 aliphatic rings. The zero-order valence-corrected chi connectivity index (χ0v) is 15.7. The molecule has 2 N–H and O–H groups in total. The van der Waals surface area contributed by atoms with Gasteiger partial charge in [0.1, 0.15) is 0 Å². The second-order valence-corrected chi connectivity index (χ2v) is 6.43. The molecule has 0 bridgehead atoms. The molecular formula is C22H16N6O2. The highest BCUT2D eigenvalue weighted by atomic mass is 16.2. The van der Waals surface area contributed by atoms with Crippen LogP contribution in [-0.4, -0.2) is 26.2 Å². The maximum Gasteiger partial charge on any atom is 0.287 e. The molecule has 0 spiro atoms. The molecule has 30 heavy (non-hydrogen) atoms. The van der Waals surface area contributed by atoms with Crippen LogP contribution in [0.15, 0.2) is 73.2 Å². The van der Waals surface area contributed by atoms with E-state index in [2.05, 4.69) is 20.6 Å². The summed E-state index contributed by atoms with van der Waals surface area (Å²) < 4.78 is 1.58. The van der Waals surface area contributed by atoms with Crippen molar-refractivity contribution >= 4 is 23.0 Å². The Hall–Kier alpha value is -4.51. The Morgan fingerprint density at radius 3 is 2.60 bits per heavy atom. The quantitative estimate of drug-likeness (QED) is 0.539. The van der Waals surface area contributed by atoms with Gasteiger partial charge in [-0.3, -0.25) is 19.0 Å². The Kier molecular flexibility index (Phi) is 5.17. The van der Waals surface area contributed by atoms with Crippen molar-refractivity contribution < 1.29 is 9.59 Å². The number of nitrogens with one attached hydrogen (secondary N) is 2. The highest BCUT2D eigenvalue weighted by molar-refractivity contribution is 6.08. The minimum atomic E-state index is -0.449. The van der Waals surface area contributed by atoms with E-state index in [0.29, 0.717) is 23.3 Å². The van der Waals surface area contributed by atoms with E-state index in [1.165, 1.54) is 0 Å². The Morgan fingerprint density at radius 1 is 1.03 bits per heavy atom. The zero-order chi connectivity index (χ0) is 20.9. The van der Waals surface area contributed by atoms with Crippen LogP contribution in [-0.2, 0) is 6.54 Å². The van der Waals surface area contributed by atoms with Gasteiger partial charge in [0.2, 0.25) is 5.82 Å². The number of hydrogen-bond donors (Lipinski definition) is 2. The van der Waals surface area contributed by atoms with Gasteiger partial charge in [-0.25, -0.2) is 4.98 Å². The first-order valence-electron chi connectivity index (χ1n) is 9.11. The second-order valence-electron chi connectivity index (χ2n) is 6.43. The summed E-state index contributed by atoms with van der Waals surface area (Å²) >= 11 is 0. The van der Waals surface area contributed by atoms with Crippen LogP contribution in [0, 0.1) is 11.3 Å². The average Bonchev–Trinajstić information content (AvgIpc) is 3.19. The predicted molar refractivity (Wildman–Crippen MR) is 110 cm³/mol. The standard InChI is InChI=1S/C22H16N6O2/c23-12-15-6-8-17(9-7-15)26-21(29)19-18-5-1-2-11-28(18)20(27-19)22(30)25-14-16-4-3-10-24-13-16/h1-11,13H,14H2,(H,25,30)(H,26,29). The fourth-order valence-electron chi connectivity index (χ4n) is 2.95. The van der Waals surface area contributed by atoms with Crippen LogP contribution in [0.2, 0.25) is 0 Å². The Morgan fingerprint density at radius 2 is 1.87 bits per heavy atom. The number of aromatic nitrogens is 3. The Bertz CT molecular complexity index is 1260. The van der Waals surface area contributed by atoms with Crippen LogP contribution in [0.25, 0.3) is 5.52 Å². The Labute approximate surface area is 171 Å². The summed E-state index contributed by atoms with van der Waals surface area (Å²) in [7, 11) is 0. The summed E-state index contributed by atoms with van der Waals surface area (Å²) in [5.41, 5.74) is 2.51. The average molecular weight is 396 g/mol. The minimum absolute atomic E-state index is 0.111. The maximum atomic E-state index is 12.8. The number of pyridine rings is 2. The van der Waals surface area contributed by atoms with Crippen molar-refractivity contribution in [3.05, 3.63) is 95.8 Å². The number of fused-ring (bicyclic) bond motifs is 1. The molecule has 4 aromatic rings. The van der Waals surface area contributed by atoms with Crippen LogP contribution in [0.3, 0.4) is 0 Å². The molecule has 0 unspecified atom stereocenters. The van der Waals surface area contributed by atoms with Crippen molar-refractivity contribution in [2.24, 2.45) is 0 Å². The van der Waals surface area contributed by atoms with E-state index in [4.69, 9.17) is 5.26 Å². The summed E-state index contributed by atoms with van der Waals surface area (Å²) in [5.74, 6) is -0.744. The van der Waals surface area contributed by atoms with Crippen molar-refractivity contribution in [3.63, 3.8) is 0 Å². The maximum absolute atomic E-state index is 12.8. The molecule has 0 saturated carbocycles. The number of anilines is 1. The number of carbonyl (C=O) groups is 2. The van der Waals surface area contributed by atoms with Crippen molar-refractivity contribution in [3.8, 4) is 6.07 Å². The molecule has 8 heteroatoms. The number of imidazole rings is 1. The van der Waals surface area contributed by atoms with Gasteiger partial charge in [-0.2, -0.15) is 5.26 Å². The van der Waals surface area contributed by atoms with Gasteiger partial charge in [-0.15, -0.1) is 0 Å². The van der Waals surface area contributed by atoms with Crippen LogP contribution in [0.4, 0.5) is 5.69 Å². The van der Waals surface area contributed by atoms with Crippen LogP contribution in [0.1, 0.15) is 32.2 Å². The van der Waals surface area contributed by atoms with Gasteiger partial charge in [0, 0.05) is 30.8 Å². The Balaban J connectivity index is 1.59. The number of rotatable bonds is 5. The first kappa shape index (κ1) is 18.8. The molecule has 0 atom stereocenters. The molecule has 8 nitrogen and oxygen atoms in total. The van der Waals surface area contributed by atoms with E-state index < -0.39 is 11.8 Å². The van der Waals surface area contributed by atoms with Crippen LogP contribution < -0.4 is 10.6 Å². The number of nitriles is 1. The molecule has 4 rings (SSSR count). The lowest BCUT2D eigenvalue weighted by atomic mass is 10.2. The molecular weight excluding hydrogens is 380 g/mol. The third-order valence-corrected chi connectivity index (χ3v) is 4.41. The zero-order valence-electron chi connectivity index (χ0n) is 15.7. The second kappa shape index (κ2) is 8.24. The van der Waals surface area contributed by atoms with Crippen LogP contribution >= 0.6 is 0 Å². The number of nitrogens with zero attached hydrogens (tertiary/aromatic N) is 4. The molecule has 0 aliphatic carbocycles. The first-order chi connectivity index (χ1) is 14.7. The van der Waals surface area contributed by atoms with E-state index in [1.54, 1.807) is 71.5 Å². The molecule has 3 aromatic heterocycles. The van der Waals surface area contributed by atoms with E-state index >= 15 is 0 Å². The normalized spacial score (nSPS) is 10.4. The molecule has 0 aliphatic heterocycles. The lowest BCUT2D eigenvalue weighted by Crippen LogP contribution is -2.25. The van der Waals surface area contributed by atoms with E-state index in [-0.39, 0.29) is 11.5 Å². The number of hydrogen-bond acceptors (Lipinski definition) is 5. The number of carbonyl (C=O) groups excluding carboxylic acids is 2. The van der Waals surface area contributed by atoms with Crippen molar-refractivity contribution in [2.45, 2.75) is 6.54 Å². The lowest BCUT2D eigenvalue weighted by molar-refractivity contribution is 0.0940. The smallest absolute Gasteiger partial charge is 0.287 e. The summed E-state index contributed by atoms with van der Waals surface area (Å²) in [6.07, 6.45) is 5.01. The van der Waals surface area contributed by atoms with E-state index in [0.717, 1.165) is 5.56 Å². The summed E-state index contributed by atoms with van der Waals surface area (Å²) in [6, 6.07) is 17.4. The highest BCUT2D eigenvalue weighted by Crippen LogP contribution is 2.16. The molecule has 0 saturated heterocycles. The fourth-order valence-corrected chi connectivity index (χ4v) is 2.95. The molecule has 146 valence electrons. The predicted octanol–water partition coefficient (Wildman–Crippen LogP) is 2.78. The lowest BCUT2D eigenvalue weighted by Gasteiger charge is -2.04. The van der Waals surface area contributed by atoms with Gasteiger partial charge in [0.05, 0.1) is 17.1 Å². The van der Waals surface area contributed by atoms with Gasteiger partial charge in [-0.05, 0) is 48.0 Å². The number of amides is 2. The summed E-state index contributed by atoms with van der Waals surface area (Å²) in [4.78, 5) is 33.8. The monoisotopic (exact) mass is 396 g/mol. The van der Waals surface area contributed by atoms with E-state index in [9.17, 15) is 9.59 Å². The highest BCUT2D eigenvalue weighted by Gasteiger charge is 2.21. The van der Waals surface area contributed by atoms with Crippen molar-refractivity contribution in [2.75, 3.05) is 5.32 Å². The van der Waals surface area contributed by atoms with Gasteiger partial charge >= 0.3 is 0 Å². The van der Waals surface area contributed by atoms with Gasteiger partial charge in [-0.1, -0.05) is 12.1 Å². The third kappa shape index (κ3) is 3.86. The van der Waals surface area contributed by atoms with Crippen molar-refractivity contribution in [1.29, 1.82) is 5.26 Å². The largest absolute Gasteiger partial charge is 0.345 e. The summed E-state index contributed by atoms with van der Waals surface area (Å²) in [6.45, 7) is 0.293. The van der Waals surface area contributed by atoms with Gasteiger partial charge in [0.25, 0.3) is 11.8 Å². The van der Waals surface area contributed by atoms with Gasteiger partial charge in [0.15, 0.2) is 5.69 Å². The molecule has 0 fully saturated rings. The summed E-state index contributed by atoms with van der Waals surface area (Å²) in [5, 5.41) is 14.4. The molecule has 0 radical (unpaired) electrons. The third-order valence-electron chi connectivity index (χ3n) is 4.41. The van der Waals surface area contributed by atoms with E-state index in [1.807, 2.05) is 12.1 Å². The fraction of sp³-hybridized carbons (Fsp3) is 0.0455. The molecule has 1 aromatic carbocycles. The SMILES string of the molecule is N#Cc1ccc(NC(=O)c2nc(C(=O)NCc3cccnc3)n3ccccc23)cc1. The molecule has 3 heterocycles. The van der Waals surface area contributed by atoms with Crippen molar-refractivity contribution in [1.82, 2.24) is 19.7 Å². The number of benzene rings is 1.